The van der Waals surface area contributed by atoms with Crippen LogP contribution in [-0.2, 0) is 11.4 Å². The molecule has 6 heteroatoms. The van der Waals surface area contributed by atoms with Crippen molar-refractivity contribution in [1.82, 2.24) is 0 Å². The van der Waals surface area contributed by atoms with Crippen LogP contribution in [0.25, 0.3) is 6.08 Å². The number of para-hydroxylation sites is 1. The van der Waals surface area contributed by atoms with Crippen molar-refractivity contribution < 1.29 is 9.53 Å². The van der Waals surface area contributed by atoms with Gasteiger partial charge < -0.3 is 10.1 Å². The highest BCUT2D eigenvalue weighted by molar-refractivity contribution is 14.1. The molecular formula is C24H18ClIN2O2. The number of ether oxygens (including phenoxy) is 1. The second kappa shape index (κ2) is 10.3. The van der Waals surface area contributed by atoms with Gasteiger partial charge in [-0.25, -0.2) is 0 Å². The zero-order chi connectivity index (χ0) is 21.5. The lowest BCUT2D eigenvalue weighted by molar-refractivity contribution is -0.112. The standard InChI is InChI=1S/C24H18ClIN2O2/c1-16-6-2-5-9-22(16)28-24(29)19(14-27)12-17-10-11-23(21(26)13-17)30-15-18-7-3-4-8-20(18)25/h2-13H,15H2,1H3,(H,28,29)/b19-12-. The van der Waals surface area contributed by atoms with Gasteiger partial charge >= 0.3 is 0 Å². The van der Waals surface area contributed by atoms with Crippen LogP contribution in [0.1, 0.15) is 16.7 Å². The summed E-state index contributed by atoms with van der Waals surface area (Å²) in [7, 11) is 0. The van der Waals surface area contributed by atoms with Crippen LogP contribution in [-0.4, -0.2) is 5.91 Å². The molecule has 0 aliphatic heterocycles. The van der Waals surface area contributed by atoms with E-state index < -0.39 is 5.91 Å². The average molecular weight is 529 g/mol. The maximum Gasteiger partial charge on any atom is 0.266 e. The summed E-state index contributed by atoms with van der Waals surface area (Å²) >= 11 is 8.33. The molecule has 1 amide bonds. The van der Waals surface area contributed by atoms with Crippen LogP contribution < -0.4 is 10.1 Å². The molecule has 0 unspecified atom stereocenters. The fraction of sp³-hybridized carbons (Fsp3) is 0.0833. The number of nitrogens with zero attached hydrogens (tertiary/aromatic N) is 1. The molecule has 0 saturated heterocycles. The molecule has 0 atom stereocenters. The van der Waals surface area contributed by atoms with Gasteiger partial charge in [-0.15, -0.1) is 0 Å². The lowest BCUT2D eigenvalue weighted by Gasteiger charge is -2.10. The summed E-state index contributed by atoms with van der Waals surface area (Å²) in [5.41, 5.74) is 3.28. The van der Waals surface area contributed by atoms with Crippen LogP contribution in [0.3, 0.4) is 0 Å². The molecule has 30 heavy (non-hydrogen) atoms. The number of nitrogens with one attached hydrogen (secondary N) is 1. The third kappa shape index (κ3) is 5.62. The van der Waals surface area contributed by atoms with Crippen molar-refractivity contribution in [1.29, 1.82) is 5.26 Å². The van der Waals surface area contributed by atoms with Gasteiger partial charge in [-0.2, -0.15) is 5.26 Å². The smallest absolute Gasteiger partial charge is 0.266 e. The van der Waals surface area contributed by atoms with Gasteiger partial charge in [-0.1, -0.05) is 54.1 Å². The Morgan fingerprint density at radius 3 is 2.60 bits per heavy atom. The summed E-state index contributed by atoms with van der Waals surface area (Å²) < 4.78 is 6.74. The first-order valence-corrected chi connectivity index (χ1v) is 10.6. The van der Waals surface area contributed by atoms with Crippen LogP contribution >= 0.6 is 34.2 Å². The molecule has 3 aromatic rings. The molecule has 4 nitrogen and oxygen atoms in total. The van der Waals surface area contributed by atoms with Crippen LogP contribution in [0.15, 0.2) is 72.3 Å². The van der Waals surface area contributed by atoms with Gasteiger partial charge in [-0.3, -0.25) is 4.79 Å². The number of benzene rings is 3. The molecule has 0 heterocycles. The van der Waals surface area contributed by atoms with Crippen molar-refractivity contribution in [2.24, 2.45) is 0 Å². The number of halogens is 2. The Hall–Kier alpha value is -2.82. The van der Waals surface area contributed by atoms with Gasteiger partial charge in [0.25, 0.3) is 5.91 Å². The molecule has 0 aliphatic rings. The fourth-order valence-electron chi connectivity index (χ4n) is 2.71. The predicted octanol–water partition coefficient (Wildman–Crippen LogP) is 6.38. The SMILES string of the molecule is Cc1ccccc1NC(=O)/C(C#N)=C\c1ccc(OCc2ccccc2Cl)c(I)c1. The van der Waals surface area contributed by atoms with Crippen molar-refractivity contribution in [3.8, 4) is 11.8 Å². The molecule has 0 fully saturated rings. The largest absolute Gasteiger partial charge is 0.488 e. The Kier molecular flexibility index (Phi) is 7.50. The summed E-state index contributed by atoms with van der Waals surface area (Å²) in [5, 5.41) is 12.9. The maximum atomic E-state index is 12.5. The molecule has 3 aromatic carbocycles. The molecule has 0 saturated carbocycles. The average Bonchev–Trinajstić information content (AvgIpc) is 2.74. The minimum Gasteiger partial charge on any atom is -0.488 e. The van der Waals surface area contributed by atoms with E-state index in [0.29, 0.717) is 23.1 Å². The van der Waals surface area contributed by atoms with Gasteiger partial charge in [0.1, 0.15) is 24.0 Å². The molecule has 0 spiro atoms. The van der Waals surface area contributed by atoms with E-state index in [9.17, 15) is 10.1 Å². The van der Waals surface area contributed by atoms with E-state index in [1.165, 1.54) is 0 Å². The van der Waals surface area contributed by atoms with Gasteiger partial charge in [-0.05, 0) is 71.0 Å². The summed E-state index contributed by atoms with van der Waals surface area (Å²) in [6.45, 7) is 2.25. The molecule has 150 valence electrons. The topological polar surface area (TPSA) is 62.1 Å². The van der Waals surface area contributed by atoms with E-state index in [2.05, 4.69) is 27.9 Å². The normalized spacial score (nSPS) is 10.9. The van der Waals surface area contributed by atoms with E-state index in [1.54, 1.807) is 12.1 Å². The molecule has 0 radical (unpaired) electrons. The molecule has 0 bridgehead atoms. The highest BCUT2D eigenvalue weighted by Crippen LogP contribution is 2.26. The number of rotatable bonds is 6. The number of carbonyl (C=O) groups is 1. The second-order valence-electron chi connectivity index (χ2n) is 6.51. The maximum absolute atomic E-state index is 12.5. The van der Waals surface area contributed by atoms with Crippen LogP contribution in [0.5, 0.6) is 5.75 Å². The minimum absolute atomic E-state index is 0.0267. The van der Waals surface area contributed by atoms with E-state index in [-0.39, 0.29) is 5.57 Å². The number of carbonyl (C=O) groups excluding carboxylic acids is 1. The van der Waals surface area contributed by atoms with Gasteiger partial charge in [0.15, 0.2) is 0 Å². The Morgan fingerprint density at radius 1 is 1.17 bits per heavy atom. The van der Waals surface area contributed by atoms with E-state index in [4.69, 9.17) is 16.3 Å². The summed E-state index contributed by atoms with van der Waals surface area (Å²) in [4.78, 5) is 12.5. The number of hydrogen-bond donors (Lipinski definition) is 1. The van der Waals surface area contributed by atoms with E-state index in [1.807, 2.05) is 73.7 Å². The minimum atomic E-state index is -0.444. The molecule has 0 aromatic heterocycles. The van der Waals surface area contributed by atoms with Crippen LogP contribution in [0, 0.1) is 21.8 Å². The van der Waals surface area contributed by atoms with Crippen LogP contribution in [0.4, 0.5) is 5.69 Å². The first-order valence-electron chi connectivity index (χ1n) is 9.12. The Labute approximate surface area is 194 Å². The van der Waals surface area contributed by atoms with Gasteiger partial charge in [0, 0.05) is 16.3 Å². The monoisotopic (exact) mass is 528 g/mol. The highest BCUT2D eigenvalue weighted by Gasteiger charge is 2.11. The van der Waals surface area contributed by atoms with Crippen molar-refractivity contribution in [2.45, 2.75) is 13.5 Å². The Balaban J connectivity index is 1.73. The number of aryl methyl sites for hydroxylation is 1. The molecule has 3 rings (SSSR count). The van der Waals surface area contributed by atoms with Crippen LogP contribution in [0.2, 0.25) is 5.02 Å². The van der Waals surface area contributed by atoms with Crippen molar-refractivity contribution >= 4 is 51.9 Å². The first kappa shape index (κ1) is 21.9. The number of nitriles is 1. The summed E-state index contributed by atoms with van der Waals surface area (Å²) in [6, 6.07) is 22.4. The van der Waals surface area contributed by atoms with Crippen molar-refractivity contribution in [2.75, 3.05) is 5.32 Å². The molecule has 0 aliphatic carbocycles. The number of anilines is 1. The lowest BCUT2D eigenvalue weighted by atomic mass is 10.1. The lowest BCUT2D eigenvalue weighted by Crippen LogP contribution is -2.14. The number of amides is 1. The zero-order valence-corrected chi connectivity index (χ0v) is 19.1. The quantitative estimate of drug-likeness (QED) is 0.229. The molecule has 1 N–H and O–H groups in total. The Bertz CT molecular complexity index is 1150. The Morgan fingerprint density at radius 2 is 1.90 bits per heavy atom. The third-order valence-electron chi connectivity index (χ3n) is 4.37. The molecular weight excluding hydrogens is 511 g/mol. The van der Waals surface area contributed by atoms with Gasteiger partial charge in [0.05, 0.1) is 3.57 Å². The van der Waals surface area contributed by atoms with E-state index in [0.717, 1.165) is 20.3 Å². The van der Waals surface area contributed by atoms with Gasteiger partial charge in [0.2, 0.25) is 0 Å². The summed E-state index contributed by atoms with van der Waals surface area (Å²) in [5.74, 6) is 0.261. The summed E-state index contributed by atoms with van der Waals surface area (Å²) in [6.07, 6.45) is 1.56. The third-order valence-corrected chi connectivity index (χ3v) is 5.58. The second-order valence-corrected chi connectivity index (χ2v) is 8.08. The first-order chi connectivity index (χ1) is 14.5. The van der Waals surface area contributed by atoms with Crippen molar-refractivity contribution in [3.05, 3.63) is 97.6 Å². The highest BCUT2D eigenvalue weighted by atomic mass is 127. The number of hydrogen-bond acceptors (Lipinski definition) is 3. The van der Waals surface area contributed by atoms with Crippen molar-refractivity contribution in [3.63, 3.8) is 0 Å². The predicted molar refractivity (Wildman–Crippen MR) is 128 cm³/mol. The fourth-order valence-corrected chi connectivity index (χ4v) is 3.60. The van der Waals surface area contributed by atoms with E-state index >= 15 is 0 Å². The zero-order valence-electron chi connectivity index (χ0n) is 16.2.